The van der Waals surface area contributed by atoms with E-state index in [-0.39, 0.29) is 23.0 Å². The minimum atomic E-state index is -0.405. The lowest BCUT2D eigenvalue weighted by Gasteiger charge is -2.31. The third kappa shape index (κ3) is 4.04. The maximum absolute atomic E-state index is 12.5. The second-order valence-corrected chi connectivity index (χ2v) is 7.86. The van der Waals surface area contributed by atoms with Gasteiger partial charge in [-0.3, -0.25) is 14.4 Å². The molecule has 2 aromatic heterocycles. The van der Waals surface area contributed by atoms with Gasteiger partial charge in [-0.1, -0.05) is 16.6 Å². The van der Waals surface area contributed by atoms with Crippen LogP contribution in [0.5, 0.6) is 0 Å². The first-order valence-corrected chi connectivity index (χ1v) is 10.2. The zero-order valence-corrected chi connectivity index (χ0v) is 16.7. The summed E-state index contributed by atoms with van der Waals surface area (Å²) in [5.74, 6) is -0.166. The van der Waals surface area contributed by atoms with Gasteiger partial charge >= 0.3 is 0 Å². The van der Waals surface area contributed by atoms with Crippen molar-refractivity contribution in [2.75, 3.05) is 19.6 Å². The van der Waals surface area contributed by atoms with Gasteiger partial charge in [-0.2, -0.15) is 0 Å². The van der Waals surface area contributed by atoms with E-state index < -0.39 is 5.91 Å². The molecule has 0 bridgehead atoms. The van der Waals surface area contributed by atoms with Gasteiger partial charge in [0.1, 0.15) is 10.5 Å². The van der Waals surface area contributed by atoms with E-state index in [9.17, 15) is 14.4 Å². The number of aromatic nitrogens is 2. The Balaban J connectivity index is 1.32. The molecule has 1 fully saturated rings. The Morgan fingerprint density at radius 1 is 1.28 bits per heavy atom. The van der Waals surface area contributed by atoms with E-state index in [1.807, 2.05) is 4.90 Å². The van der Waals surface area contributed by atoms with E-state index in [1.165, 1.54) is 6.07 Å². The molecule has 1 saturated heterocycles. The molecule has 1 aliphatic rings. The number of likely N-dealkylation sites (tertiary alicyclic amines) is 1. The average Bonchev–Trinajstić information content (AvgIpc) is 3.17. The van der Waals surface area contributed by atoms with E-state index >= 15 is 0 Å². The smallest absolute Gasteiger partial charge is 0.287 e. The molecule has 0 aliphatic carbocycles. The minimum Gasteiger partial charge on any atom is -0.451 e. The predicted molar refractivity (Wildman–Crippen MR) is 108 cm³/mol. The van der Waals surface area contributed by atoms with Crippen molar-refractivity contribution in [2.24, 2.45) is 5.92 Å². The van der Waals surface area contributed by atoms with Gasteiger partial charge in [-0.15, -0.1) is 5.10 Å². The van der Waals surface area contributed by atoms with Crippen LogP contribution in [0.2, 0.25) is 0 Å². The van der Waals surface area contributed by atoms with Gasteiger partial charge in [0.05, 0.1) is 11.1 Å². The van der Waals surface area contributed by atoms with Crippen LogP contribution in [0, 0.1) is 12.8 Å². The number of nitrogens with one attached hydrogen (secondary N) is 1. The van der Waals surface area contributed by atoms with Crippen molar-refractivity contribution in [2.45, 2.75) is 19.8 Å². The molecule has 0 radical (unpaired) electrons. The largest absolute Gasteiger partial charge is 0.451 e. The second-order valence-electron chi connectivity index (χ2n) is 7.10. The van der Waals surface area contributed by atoms with Crippen LogP contribution in [0.3, 0.4) is 0 Å². The molecule has 0 spiro atoms. The topological polar surface area (TPSA) is 105 Å². The standard InChI is InChI=1S/C20H20N4O4S/c1-12-18(29-23-22-12)20(27)24-8-6-13(7-9-24)11-21-19(26)17-10-15(25)14-4-2-3-5-16(14)28-17/h2-5,10,13H,6-9,11H2,1H3,(H,21,26). The summed E-state index contributed by atoms with van der Waals surface area (Å²) < 4.78 is 9.39. The molecule has 2 amide bonds. The Morgan fingerprint density at radius 3 is 2.76 bits per heavy atom. The zero-order chi connectivity index (χ0) is 20.4. The molecule has 4 rings (SSSR count). The van der Waals surface area contributed by atoms with Crippen molar-refractivity contribution in [1.82, 2.24) is 19.8 Å². The normalized spacial score (nSPS) is 14.9. The van der Waals surface area contributed by atoms with Gasteiger partial charge < -0.3 is 14.6 Å². The molecule has 3 heterocycles. The Morgan fingerprint density at radius 2 is 2.03 bits per heavy atom. The van der Waals surface area contributed by atoms with E-state index in [4.69, 9.17) is 4.42 Å². The molecular weight excluding hydrogens is 392 g/mol. The maximum Gasteiger partial charge on any atom is 0.287 e. The molecule has 1 N–H and O–H groups in total. The summed E-state index contributed by atoms with van der Waals surface area (Å²) in [4.78, 5) is 39.5. The highest BCUT2D eigenvalue weighted by atomic mass is 32.1. The van der Waals surface area contributed by atoms with Crippen molar-refractivity contribution in [3.63, 3.8) is 0 Å². The van der Waals surface area contributed by atoms with E-state index in [1.54, 1.807) is 31.2 Å². The number of hydrogen-bond donors (Lipinski definition) is 1. The third-order valence-corrected chi connectivity index (χ3v) is 5.97. The summed E-state index contributed by atoms with van der Waals surface area (Å²) in [5, 5.41) is 7.19. The maximum atomic E-state index is 12.5. The lowest BCUT2D eigenvalue weighted by molar-refractivity contribution is 0.0687. The first-order chi connectivity index (χ1) is 14.0. The fourth-order valence-electron chi connectivity index (χ4n) is 3.45. The second kappa shape index (κ2) is 8.12. The molecule has 3 aromatic rings. The number of para-hydroxylation sites is 1. The Labute approximate surface area is 170 Å². The van der Waals surface area contributed by atoms with E-state index in [2.05, 4.69) is 14.9 Å². The summed E-state index contributed by atoms with van der Waals surface area (Å²) in [6, 6.07) is 8.07. The highest BCUT2D eigenvalue weighted by Crippen LogP contribution is 2.21. The number of piperidine rings is 1. The summed E-state index contributed by atoms with van der Waals surface area (Å²) in [7, 11) is 0. The Hall–Kier alpha value is -3.07. The highest BCUT2D eigenvalue weighted by Gasteiger charge is 2.26. The van der Waals surface area contributed by atoms with Gasteiger partial charge in [0, 0.05) is 25.7 Å². The molecule has 0 unspecified atom stereocenters. The van der Waals surface area contributed by atoms with Gasteiger partial charge in [0.2, 0.25) is 0 Å². The minimum absolute atomic E-state index is 0.00878. The molecule has 0 atom stereocenters. The SMILES string of the molecule is Cc1nnsc1C(=O)N1CCC(CNC(=O)c2cc(=O)c3ccccc3o2)CC1. The Kier molecular flexibility index (Phi) is 5.39. The monoisotopic (exact) mass is 412 g/mol. The Bertz CT molecular complexity index is 1110. The van der Waals surface area contributed by atoms with E-state index in [0.717, 1.165) is 24.4 Å². The number of benzene rings is 1. The summed E-state index contributed by atoms with van der Waals surface area (Å²) >= 11 is 1.12. The fourth-order valence-corrected chi connectivity index (χ4v) is 4.08. The molecule has 1 aromatic carbocycles. The highest BCUT2D eigenvalue weighted by molar-refractivity contribution is 7.07. The van der Waals surface area contributed by atoms with Crippen molar-refractivity contribution >= 4 is 34.3 Å². The van der Waals surface area contributed by atoms with Crippen LogP contribution in [-0.4, -0.2) is 45.9 Å². The molecule has 8 nitrogen and oxygen atoms in total. The van der Waals surface area contributed by atoms with Crippen molar-refractivity contribution in [3.8, 4) is 0 Å². The quantitative estimate of drug-likeness (QED) is 0.705. The van der Waals surface area contributed by atoms with Crippen molar-refractivity contribution < 1.29 is 14.0 Å². The zero-order valence-electron chi connectivity index (χ0n) is 15.9. The number of rotatable bonds is 4. The predicted octanol–water partition coefficient (Wildman–Crippen LogP) is 2.24. The third-order valence-electron chi connectivity index (χ3n) is 5.16. The van der Waals surface area contributed by atoms with Crippen molar-refractivity contribution in [1.29, 1.82) is 0 Å². The number of fused-ring (bicyclic) bond motifs is 1. The van der Waals surface area contributed by atoms with Crippen molar-refractivity contribution in [3.05, 3.63) is 56.9 Å². The number of nitrogens with zero attached hydrogens (tertiary/aromatic N) is 3. The van der Waals surface area contributed by atoms with Crippen LogP contribution in [0.15, 0.2) is 39.5 Å². The van der Waals surface area contributed by atoms with E-state index in [0.29, 0.717) is 41.2 Å². The van der Waals surface area contributed by atoms with Crippen LogP contribution in [0.25, 0.3) is 11.0 Å². The number of aryl methyl sites for hydroxylation is 1. The lowest BCUT2D eigenvalue weighted by Crippen LogP contribution is -2.41. The average molecular weight is 412 g/mol. The molecule has 1 aliphatic heterocycles. The van der Waals surface area contributed by atoms with Crippen LogP contribution in [-0.2, 0) is 0 Å². The molecular formula is C20H20N4O4S. The van der Waals surface area contributed by atoms with Gasteiger partial charge in [-0.05, 0) is 49.3 Å². The van der Waals surface area contributed by atoms with Crippen LogP contribution < -0.4 is 10.7 Å². The van der Waals surface area contributed by atoms with Crippen LogP contribution in [0.4, 0.5) is 0 Å². The fraction of sp³-hybridized carbons (Fsp3) is 0.350. The van der Waals surface area contributed by atoms with Crippen LogP contribution in [0.1, 0.15) is 38.8 Å². The number of carbonyl (C=O) groups excluding carboxylic acids is 2. The number of hydrogen-bond acceptors (Lipinski definition) is 7. The number of amides is 2. The molecule has 29 heavy (non-hydrogen) atoms. The van der Waals surface area contributed by atoms with Gasteiger partial charge in [-0.25, -0.2) is 0 Å². The molecule has 150 valence electrons. The number of carbonyl (C=O) groups is 2. The molecule has 0 saturated carbocycles. The first kappa shape index (κ1) is 19.3. The van der Waals surface area contributed by atoms with Crippen LogP contribution >= 0.6 is 11.5 Å². The summed E-state index contributed by atoms with van der Waals surface area (Å²) in [5.41, 5.74) is 0.813. The lowest BCUT2D eigenvalue weighted by atomic mass is 9.96. The molecule has 9 heteroatoms. The van der Waals surface area contributed by atoms with Gasteiger partial charge in [0.25, 0.3) is 11.8 Å². The first-order valence-electron chi connectivity index (χ1n) is 9.42. The van der Waals surface area contributed by atoms with Gasteiger partial charge in [0.15, 0.2) is 11.2 Å². The summed E-state index contributed by atoms with van der Waals surface area (Å²) in [6.07, 6.45) is 1.58. The summed E-state index contributed by atoms with van der Waals surface area (Å²) in [6.45, 7) is 3.51.